The molecule has 0 amide bonds. The Morgan fingerprint density at radius 3 is 2.56 bits per heavy atom. The molecule has 0 atom stereocenters. The summed E-state index contributed by atoms with van der Waals surface area (Å²) in [6.07, 6.45) is 0.502. The van der Waals surface area contributed by atoms with Gasteiger partial charge < -0.3 is 19.3 Å². The first kappa shape index (κ1) is 14.7. The van der Waals surface area contributed by atoms with E-state index in [0.29, 0.717) is 18.7 Å². The minimum atomic E-state index is -0.993. The number of aliphatic hydroxyl groups is 1. The van der Waals surface area contributed by atoms with Crippen molar-refractivity contribution in [1.82, 2.24) is 0 Å². The maximum atomic E-state index is 11.9. The fraction of sp³-hybridized carbons (Fsp3) is 0.667. The number of hydrogen-bond donors (Lipinski definition) is 1. The SMILES string of the molecule is CCOC(=O)/C(C1=NCCC1)=C(\O)C(OC)OC. The molecule has 0 aromatic rings. The van der Waals surface area contributed by atoms with Crippen molar-refractivity contribution in [3.05, 3.63) is 11.3 Å². The predicted octanol–water partition coefficient (Wildman–Crippen LogP) is 1.22. The molecule has 1 N–H and O–H groups in total. The van der Waals surface area contributed by atoms with Crippen molar-refractivity contribution in [2.45, 2.75) is 26.1 Å². The number of rotatable bonds is 6. The lowest BCUT2D eigenvalue weighted by Crippen LogP contribution is -2.25. The van der Waals surface area contributed by atoms with Gasteiger partial charge in [-0.15, -0.1) is 0 Å². The monoisotopic (exact) mass is 257 g/mol. The van der Waals surface area contributed by atoms with E-state index in [0.717, 1.165) is 6.42 Å². The Labute approximate surface area is 106 Å². The van der Waals surface area contributed by atoms with E-state index in [1.165, 1.54) is 14.2 Å². The number of nitrogens with zero attached hydrogens (tertiary/aromatic N) is 1. The molecule has 0 radical (unpaired) electrons. The molecule has 1 aliphatic rings. The molecule has 102 valence electrons. The zero-order valence-corrected chi connectivity index (χ0v) is 10.9. The van der Waals surface area contributed by atoms with E-state index in [1.807, 2.05) is 0 Å². The van der Waals surface area contributed by atoms with Crippen LogP contribution in [0.3, 0.4) is 0 Å². The Morgan fingerprint density at radius 1 is 1.44 bits per heavy atom. The molecule has 0 saturated carbocycles. The molecule has 1 aliphatic heterocycles. The normalized spacial score (nSPS) is 16.6. The Balaban J connectivity index is 3.09. The molecule has 0 unspecified atom stereocenters. The van der Waals surface area contributed by atoms with E-state index in [9.17, 15) is 9.90 Å². The van der Waals surface area contributed by atoms with E-state index in [-0.39, 0.29) is 17.9 Å². The number of aliphatic hydroxyl groups excluding tert-OH is 1. The van der Waals surface area contributed by atoms with Crippen LogP contribution in [0.1, 0.15) is 19.8 Å². The van der Waals surface area contributed by atoms with Gasteiger partial charge in [-0.05, 0) is 19.8 Å². The number of carbonyl (C=O) groups excluding carboxylic acids is 1. The van der Waals surface area contributed by atoms with E-state index in [4.69, 9.17) is 14.2 Å². The first-order valence-corrected chi connectivity index (χ1v) is 5.85. The lowest BCUT2D eigenvalue weighted by molar-refractivity contribution is -0.139. The molecule has 0 spiro atoms. The molecular weight excluding hydrogens is 238 g/mol. The first-order chi connectivity index (χ1) is 8.65. The second-order valence-electron chi connectivity index (χ2n) is 3.72. The summed E-state index contributed by atoms with van der Waals surface area (Å²) in [6.45, 7) is 2.58. The van der Waals surface area contributed by atoms with Crippen LogP contribution >= 0.6 is 0 Å². The van der Waals surface area contributed by atoms with Crippen LogP contribution in [0.25, 0.3) is 0 Å². The summed E-state index contributed by atoms with van der Waals surface area (Å²) in [5.41, 5.74) is 0.605. The van der Waals surface area contributed by atoms with Gasteiger partial charge in [-0.25, -0.2) is 4.79 Å². The minimum Gasteiger partial charge on any atom is -0.506 e. The molecule has 0 fully saturated rings. The summed E-state index contributed by atoms with van der Waals surface area (Å²) in [7, 11) is 2.76. The number of hydrogen-bond acceptors (Lipinski definition) is 6. The zero-order valence-electron chi connectivity index (χ0n) is 10.9. The Kier molecular flexibility index (Phi) is 5.80. The standard InChI is InChI=1S/C12H19NO5/c1-4-18-11(15)9(8-6-5-7-13-8)10(14)12(16-2)17-3/h12,14H,4-7H2,1-3H3/b10-9-. The fourth-order valence-corrected chi connectivity index (χ4v) is 1.75. The van der Waals surface area contributed by atoms with Crippen LogP contribution in [-0.4, -0.2) is 50.4 Å². The number of methoxy groups -OCH3 is 2. The third kappa shape index (κ3) is 3.30. The summed E-state index contributed by atoms with van der Waals surface area (Å²) in [6, 6.07) is 0. The van der Waals surface area contributed by atoms with Crippen molar-refractivity contribution in [2.75, 3.05) is 27.4 Å². The van der Waals surface area contributed by atoms with Gasteiger partial charge in [0, 0.05) is 20.8 Å². The molecule has 18 heavy (non-hydrogen) atoms. The van der Waals surface area contributed by atoms with Gasteiger partial charge in [-0.3, -0.25) is 4.99 Å². The van der Waals surface area contributed by atoms with Crippen LogP contribution in [0.4, 0.5) is 0 Å². The average Bonchev–Trinajstić information content (AvgIpc) is 2.85. The number of carbonyl (C=O) groups is 1. The van der Waals surface area contributed by atoms with E-state index >= 15 is 0 Å². The summed E-state index contributed by atoms with van der Waals surface area (Å²) in [5, 5.41) is 10.1. The van der Waals surface area contributed by atoms with Crippen molar-refractivity contribution < 1.29 is 24.1 Å². The highest BCUT2D eigenvalue weighted by atomic mass is 16.7. The van der Waals surface area contributed by atoms with Gasteiger partial charge in [-0.2, -0.15) is 0 Å². The van der Waals surface area contributed by atoms with E-state index in [2.05, 4.69) is 4.99 Å². The summed E-state index contributed by atoms with van der Waals surface area (Å²) >= 11 is 0. The average molecular weight is 257 g/mol. The number of ether oxygens (including phenoxy) is 3. The highest BCUT2D eigenvalue weighted by Gasteiger charge is 2.28. The lowest BCUT2D eigenvalue weighted by atomic mass is 10.1. The van der Waals surface area contributed by atoms with Crippen LogP contribution in [0, 0.1) is 0 Å². The molecule has 0 aromatic carbocycles. The van der Waals surface area contributed by atoms with Gasteiger partial charge in [-0.1, -0.05) is 0 Å². The Morgan fingerprint density at radius 2 is 2.11 bits per heavy atom. The van der Waals surface area contributed by atoms with Crippen LogP contribution in [-0.2, 0) is 19.0 Å². The fourth-order valence-electron chi connectivity index (χ4n) is 1.75. The largest absolute Gasteiger partial charge is 0.506 e. The molecule has 0 aromatic heterocycles. The van der Waals surface area contributed by atoms with Crippen molar-refractivity contribution in [1.29, 1.82) is 0 Å². The number of aliphatic imine (C=N–C) groups is 1. The third-order valence-corrected chi connectivity index (χ3v) is 2.55. The molecule has 0 saturated heterocycles. The molecule has 0 bridgehead atoms. The zero-order chi connectivity index (χ0) is 13.5. The Hall–Kier alpha value is -1.40. The number of esters is 1. The van der Waals surface area contributed by atoms with Gasteiger partial charge in [0.2, 0.25) is 6.29 Å². The van der Waals surface area contributed by atoms with Crippen molar-refractivity contribution in [3.63, 3.8) is 0 Å². The summed E-state index contributed by atoms with van der Waals surface area (Å²) < 4.78 is 14.8. The van der Waals surface area contributed by atoms with Gasteiger partial charge in [0.1, 0.15) is 5.57 Å². The predicted molar refractivity (Wildman–Crippen MR) is 65.6 cm³/mol. The Bertz CT molecular complexity index is 357. The van der Waals surface area contributed by atoms with Crippen LogP contribution in [0.15, 0.2) is 16.3 Å². The van der Waals surface area contributed by atoms with E-state index in [1.54, 1.807) is 6.92 Å². The lowest BCUT2D eigenvalue weighted by Gasteiger charge is -2.16. The van der Waals surface area contributed by atoms with Gasteiger partial charge in [0.25, 0.3) is 0 Å². The van der Waals surface area contributed by atoms with Crippen LogP contribution in [0.2, 0.25) is 0 Å². The first-order valence-electron chi connectivity index (χ1n) is 5.85. The van der Waals surface area contributed by atoms with E-state index < -0.39 is 12.3 Å². The summed E-state index contributed by atoms with van der Waals surface area (Å²) in [4.78, 5) is 16.1. The highest BCUT2D eigenvalue weighted by molar-refractivity contribution is 6.20. The second kappa shape index (κ2) is 7.13. The minimum absolute atomic E-state index is 0.0584. The van der Waals surface area contributed by atoms with Crippen molar-refractivity contribution in [3.8, 4) is 0 Å². The van der Waals surface area contributed by atoms with Crippen molar-refractivity contribution in [2.24, 2.45) is 4.99 Å². The highest BCUT2D eigenvalue weighted by Crippen LogP contribution is 2.19. The molecular formula is C12H19NO5. The second-order valence-corrected chi connectivity index (χ2v) is 3.72. The van der Waals surface area contributed by atoms with Crippen molar-refractivity contribution >= 4 is 11.7 Å². The van der Waals surface area contributed by atoms with Crippen LogP contribution < -0.4 is 0 Å². The van der Waals surface area contributed by atoms with Gasteiger partial charge >= 0.3 is 5.97 Å². The molecule has 1 heterocycles. The molecule has 6 nitrogen and oxygen atoms in total. The topological polar surface area (TPSA) is 77.4 Å². The van der Waals surface area contributed by atoms with Gasteiger partial charge in [0.05, 0.1) is 12.3 Å². The maximum Gasteiger partial charge on any atom is 0.343 e. The summed E-state index contributed by atoms with van der Waals surface area (Å²) in [5.74, 6) is -0.895. The quantitative estimate of drug-likeness (QED) is 0.335. The molecule has 0 aliphatic carbocycles. The molecule has 6 heteroatoms. The maximum absolute atomic E-state index is 11.9. The molecule has 1 rings (SSSR count). The third-order valence-electron chi connectivity index (χ3n) is 2.55. The smallest absolute Gasteiger partial charge is 0.343 e. The van der Waals surface area contributed by atoms with Gasteiger partial charge in [0.15, 0.2) is 5.76 Å². The van der Waals surface area contributed by atoms with Crippen LogP contribution in [0.5, 0.6) is 0 Å².